The highest BCUT2D eigenvalue weighted by molar-refractivity contribution is 6.58. The summed E-state index contributed by atoms with van der Waals surface area (Å²) in [7, 11) is 0.0469. The standard InChI is InChI=1S/C13H14BNO4/c1-18-13-10(4-3-7-15-13)9-19-12-6-2-5-11(8-12)14(16)17/h2-8,16-17H,9H2,1H3. The molecule has 1 aromatic heterocycles. The monoisotopic (exact) mass is 259 g/mol. The molecular weight excluding hydrogens is 245 g/mol. The van der Waals surface area contributed by atoms with Gasteiger partial charge in [0.1, 0.15) is 12.4 Å². The lowest BCUT2D eigenvalue weighted by atomic mass is 9.80. The molecule has 0 spiro atoms. The number of hydrogen-bond donors (Lipinski definition) is 2. The lowest BCUT2D eigenvalue weighted by Crippen LogP contribution is -2.29. The fourth-order valence-corrected chi connectivity index (χ4v) is 1.64. The Bertz CT molecular complexity index is 548. The molecule has 0 saturated carbocycles. The minimum Gasteiger partial charge on any atom is -0.489 e. The van der Waals surface area contributed by atoms with Crippen molar-refractivity contribution in [3.63, 3.8) is 0 Å². The van der Waals surface area contributed by atoms with Crippen LogP contribution in [0.15, 0.2) is 42.6 Å². The van der Waals surface area contributed by atoms with Crippen LogP contribution in [-0.2, 0) is 6.61 Å². The highest BCUT2D eigenvalue weighted by Gasteiger charge is 2.11. The fraction of sp³-hybridized carbons (Fsp3) is 0.154. The third kappa shape index (κ3) is 3.46. The topological polar surface area (TPSA) is 71.8 Å². The highest BCUT2D eigenvalue weighted by atomic mass is 16.5. The Morgan fingerprint density at radius 2 is 2.05 bits per heavy atom. The van der Waals surface area contributed by atoms with Crippen LogP contribution in [0.2, 0.25) is 0 Å². The first kappa shape index (κ1) is 13.4. The average molecular weight is 259 g/mol. The van der Waals surface area contributed by atoms with E-state index in [-0.39, 0.29) is 0 Å². The SMILES string of the molecule is COc1ncccc1COc1cccc(B(O)O)c1. The number of aromatic nitrogens is 1. The first-order valence-corrected chi connectivity index (χ1v) is 5.77. The number of pyridine rings is 1. The van der Waals surface area contributed by atoms with Gasteiger partial charge in [-0.2, -0.15) is 0 Å². The smallest absolute Gasteiger partial charge is 0.488 e. The second-order valence-electron chi connectivity index (χ2n) is 3.91. The molecule has 19 heavy (non-hydrogen) atoms. The molecule has 5 nitrogen and oxygen atoms in total. The van der Waals surface area contributed by atoms with E-state index >= 15 is 0 Å². The van der Waals surface area contributed by atoms with Gasteiger partial charge in [-0.3, -0.25) is 0 Å². The van der Waals surface area contributed by atoms with Crippen molar-refractivity contribution in [2.75, 3.05) is 7.11 Å². The number of nitrogens with zero attached hydrogens (tertiary/aromatic N) is 1. The average Bonchev–Trinajstić information content (AvgIpc) is 2.45. The third-order valence-corrected chi connectivity index (χ3v) is 2.59. The lowest BCUT2D eigenvalue weighted by Gasteiger charge is -2.10. The van der Waals surface area contributed by atoms with Crippen LogP contribution < -0.4 is 14.9 Å². The molecule has 1 heterocycles. The normalized spacial score (nSPS) is 10.1. The second-order valence-corrected chi connectivity index (χ2v) is 3.91. The van der Waals surface area contributed by atoms with Gasteiger partial charge < -0.3 is 19.5 Å². The van der Waals surface area contributed by atoms with Gasteiger partial charge >= 0.3 is 7.12 Å². The van der Waals surface area contributed by atoms with Crippen LogP contribution in [0, 0.1) is 0 Å². The van der Waals surface area contributed by atoms with Crippen LogP contribution in [0.5, 0.6) is 11.6 Å². The summed E-state index contributed by atoms with van der Waals surface area (Å²) in [5.74, 6) is 1.07. The van der Waals surface area contributed by atoms with Gasteiger partial charge in [-0.15, -0.1) is 0 Å². The van der Waals surface area contributed by atoms with Crippen molar-refractivity contribution < 1.29 is 19.5 Å². The zero-order valence-corrected chi connectivity index (χ0v) is 10.5. The van der Waals surface area contributed by atoms with Crippen molar-refractivity contribution >= 4 is 12.6 Å². The molecule has 0 saturated heterocycles. The number of benzene rings is 1. The van der Waals surface area contributed by atoms with Crippen LogP contribution in [0.25, 0.3) is 0 Å². The van der Waals surface area contributed by atoms with E-state index in [0.29, 0.717) is 23.7 Å². The predicted molar refractivity (Wildman–Crippen MR) is 71.4 cm³/mol. The first-order valence-electron chi connectivity index (χ1n) is 5.77. The number of methoxy groups -OCH3 is 1. The summed E-state index contributed by atoms with van der Waals surface area (Å²) in [6.45, 7) is 0.294. The molecule has 0 aliphatic heterocycles. The van der Waals surface area contributed by atoms with Gasteiger partial charge in [0, 0.05) is 6.20 Å². The molecule has 0 unspecified atom stereocenters. The van der Waals surface area contributed by atoms with Crippen LogP contribution >= 0.6 is 0 Å². The molecular formula is C13H14BNO4. The van der Waals surface area contributed by atoms with E-state index in [4.69, 9.17) is 19.5 Å². The Morgan fingerprint density at radius 1 is 1.21 bits per heavy atom. The minimum absolute atomic E-state index is 0.294. The summed E-state index contributed by atoms with van der Waals surface area (Å²) in [5, 5.41) is 18.2. The molecule has 0 atom stereocenters. The summed E-state index contributed by atoms with van der Waals surface area (Å²) in [6, 6.07) is 10.3. The van der Waals surface area contributed by atoms with E-state index in [1.54, 1.807) is 43.6 Å². The summed E-state index contributed by atoms with van der Waals surface area (Å²) in [4.78, 5) is 4.07. The molecule has 0 radical (unpaired) electrons. The largest absolute Gasteiger partial charge is 0.489 e. The van der Waals surface area contributed by atoms with E-state index in [0.717, 1.165) is 5.56 Å². The van der Waals surface area contributed by atoms with Crippen molar-refractivity contribution in [2.24, 2.45) is 0 Å². The number of ether oxygens (including phenoxy) is 2. The Balaban J connectivity index is 2.08. The Hall–Kier alpha value is -2.05. The summed E-state index contributed by atoms with van der Waals surface area (Å²) < 4.78 is 10.7. The van der Waals surface area contributed by atoms with E-state index < -0.39 is 7.12 Å². The quantitative estimate of drug-likeness (QED) is 0.758. The molecule has 0 amide bonds. The van der Waals surface area contributed by atoms with Crippen molar-refractivity contribution in [3.05, 3.63) is 48.2 Å². The maximum absolute atomic E-state index is 9.09. The third-order valence-electron chi connectivity index (χ3n) is 2.59. The Morgan fingerprint density at radius 3 is 2.79 bits per heavy atom. The number of hydrogen-bond acceptors (Lipinski definition) is 5. The van der Waals surface area contributed by atoms with E-state index in [9.17, 15) is 0 Å². The van der Waals surface area contributed by atoms with E-state index in [1.807, 2.05) is 6.07 Å². The van der Waals surface area contributed by atoms with Crippen molar-refractivity contribution in [2.45, 2.75) is 6.61 Å². The first-order chi connectivity index (χ1) is 9.20. The molecule has 0 fully saturated rings. The zero-order chi connectivity index (χ0) is 13.7. The minimum atomic E-state index is -1.50. The molecule has 2 rings (SSSR count). The van der Waals surface area contributed by atoms with Gasteiger partial charge in [0.15, 0.2) is 0 Å². The predicted octanol–water partition coefficient (Wildman–Crippen LogP) is 0.349. The molecule has 6 heteroatoms. The van der Waals surface area contributed by atoms with E-state index in [1.165, 1.54) is 0 Å². The summed E-state index contributed by atoms with van der Waals surface area (Å²) in [6.07, 6.45) is 1.64. The molecule has 0 aliphatic carbocycles. The maximum atomic E-state index is 9.09. The molecule has 98 valence electrons. The van der Waals surface area contributed by atoms with Gasteiger partial charge in [0.2, 0.25) is 5.88 Å². The van der Waals surface area contributed by atoms with Crippen LogP contribution in [0.3, 0.4) is 0 Å². The highest BCUT2D eigenvalue weighted by Crippen LogP contribution is 2.17. The molecule has 0 bridgehead atoms. The summed E-state index contributed by atoms with van der Waals surface area (Å²) in [5.41, 5.74) is 1.20. The van der Waals surface area contributed by atoms with E-state index in [2.05, 4.69) is 4.98 Å². The van der Waals surface area contributed by atoms with Crippen LogP contribution in [0.4, 0.5) is 0 Å². The van der Waals surface area contributed by atoms with Gasteiger partial charge in [-0.25, -0.2) is 4.98 Å². The Kier molecular flexibility index (Phi) is 4.38. The summed E-state index contributed by atoms with van der Waals surface area (Å²) >= 11 is 0. The van der Waals surface area contributed by atoms with Gasteiger partial charge in [-0.1, -0.05) is 12.1 Å². The molecule has 1 aromatic carbocycles. The van der Waals surface area contributed by atoms with Gasteiger partial charge in [0.25, 0.3) is 0 Å². The van der Waals surface area contributed by atoms with Crippen molar-refractivity contribution in [3.8, 4) is 11.6 Å². The van der Waals surface area contributed by atoms with Crippen LogP contribution in [0.1, 0.15) is 5.56 Å². The Labute approximate surface area is 111 Å². The van der Waals surface area contributed by atoms with Crippen LogP contribution in [-0.4, -0.2) is 29.3 Å². The molecule has 2 N–H and O–H groups in total. The van der Waals surface area contributed by atoms with Crippen molar-refractivity contribution in [1.29, 1.82) is 0 Å². The molecule has 2 aromatic rings. The van der Waals surface area contributed by atoms with Gasteiger partial charge in [-0.05, 0) is 29.7 Å². The zero-order valence-electron chi connectivity index (χ0n) is 10.5. The number of rotatable bonds is 5. The second kappa shape index (κ2) is 6.22. The maximum Gasteiger partial charge on any atom is 0.488 e. The molecule has 0 aliphatic rings. The lowest BCUT2D eigenvalue weighted by molar-refractivity contribution is 0.294. The van der Waals surface area contributed by atoms with Crippen molar-refractivity contribution in [1.82, 2.24) is 4.98 Å². The fourth-order valence-electron chi connectivity index (χ4n) is 1.64. The van der Waals surface area contributed by atoms with Gasteiger partial charge in [0.05, 0.1) is 12.7 Å².